The summed E-state index contributed by atoms with van der Waals surface area (Å²) in [4.78, 5) is 32.7. The van der Waals surface area contributed by atoms with Crippen molar-refractivity contribution >= 4 is 17.6 Å². The van der Waals surface area contributed by atoms with Crippen molar-refractivity contribution < 1.29 is 9.59 Å². The second kappa shape index (κ2) is 4.07. The van der Waals surface area contributed by atoms with Crippen LogP contribution in [0, 0.1) is 11.3 Å². The fraction of sp³-hybridized carbons (Fsp3) is 0.364. The second-order valence-corrected chi connectivity index (χ2v) is 4.36. The van der Waals surface area contributed by atoms with Gasteiger partial charge in [-0.15, -0.1) is 0 Å². The van der Waals surface area contributed by atoms with Crippen molar-refractivity contribution in [1.29, 1.82) is 5.26 Å². The summed E-state index contributed by atoms with van der Waals surface area (Å²) in [6.07, 6.45) is 2.81. The first-order chi connectivity index (χ1) is 8.46. The molecule has 0 unspecified atom stereocenters. The van der Waals surface area contributed by atoms with Gasteiger partial charge in [-0.25, -0.2) is 9.97 Å². The van der Waals surface area contributed by atoms with Crippen LogP contribution in [-0.4, -0.2) is 33.9 Å². The first-order valence-corrected chi connectivity index (χ1v) is 5.30. The quantitative estimate of drug-likeness (QED) is 0.675. The molecular weight excluding hydrogens is 234 g/mol. The Hall–Kier alpha value is -2.49. The van der Waals surface area contributed by atoms with Gasteiger partial charge in [-0.2, -0.15) is 5.26 Å². The summed E-state index contributed by atoms with van der Waals surface area (Å²) in [6, 6.07) is 1.90. The summed E-state index contributed by atoms with van der Waals surface area (Å²) in [5.74, 6) is -0.602. The Bertz CT molecular complexity index is 561. The van der Waals surface area contributed by atoms with Crippen LogP contribution in [0.25, 0.3) is 0 Å². The van der Waals surface area contributed by atoms with Gasteiger partial charge in [0.15, 0.2) is 11.5 Å². The van der Waals surface area contributed by atoms with Crippen molar-refractivity contribution in [2.75, 3.05) is 11.4 Å². The molecule has 1 aliphatic heterocycles. The molecule has 1 fully saturated rings. The van der Waals surface area contributed by atoms with E-state index >= 15 is 0 Å². The molecule has 0 radical (unpaired) electrons. The number of piperazine rings is 1. The topological polar surface area (TPSA) is 99.0 Å². The lowest BCUT2D eigenvalue weighted by molar-refractivity contribution is -0.135. The monoisotopic (exact) mass is 245 g/mol. The van der Waals surface area contributed by atoms with E-state index in [1.54, 1.807) is 13.8 Å². The minimum Gasteiger partial charge on any atom is -0.331 e. The molecule has 1 aromatic heterocycles. The maximum Gasteiger partial charge on any atom is 0.251 e. The molecule has 0 aromatic carbocycles. The van der Waals surface area contributed by atoms with Crippen LogP contribution in [0.4, 0.5) is 5.82 Å². The Kier molecular flexibility index (Phi) is 2.71. The Morgan fingerprint density at radius 2 is 2.06 bits per heavy atom. The van der Waals surface area contributed by atoms with Gasteiger partial charge >= 0.3 is 0 Å². The van der Waals surface area contributed by atoms with Gasteiger partial charge in [-0.3, -0.25) is 14.9 Å². The van der Waals surface area contributed by atoms with Crippen LogP contribution < -0.4 is 10.2 Å². The van der Waals surface area contributed by atoms with Gasteiger partial charge in [0.1, 0.15) is 11.6 Å². The van der Waals surface area contributed by atoms with E-state index in [1.807, 2.05) is 6.07 Å². The molecule has 92 valence electrons. The number of carbonyl (C=O) groups excluding carboxylic acids is 2. The Balaban J connectivity index is 2.51. The van der Waals surface area contributed by atoms with Gasteiger partial charge in [0.05, 0.1) is 6.54 Å². The molecule has 7 heteroatoms. The zero-order valence-electron chi connectivity index (χ0n) is 9.97. The SMILES string of the molecule is CC1(C)C(=O)NC(=O)CN1c1nccnc1C#N. The molecule has 2 amide bonds. The van der Waals surface area contributed by atoms with Crippen molar-refractivity contribution in [3.63, 3.8) is 0 Å². The molecule has 1 aromatic rings. The van der Waals surface area contributed by atoms with Gasteiger partial charge in [-0.1, -0.05) is 0 Å². The normalized spacial score (nSPS) is 18.2. The number of nitriles is 1. The van der Waals surface area contributed by atoms with Crippen molar-refractivity contribution in [3.05, 3.63) is 18.1 Å². The maximum atomic E-state index is 11.8. The summed E-state index contributed by atoms with van der Waals surface area (Å²) in [5.41, 5.74) is -0.872. The molecule has 0 bridgehead atoms. The molecule has 1 saturated heterocycles. The molecular formula is C11H11N5O2. The number of carbonyl (C=O) groups is 2. The third-order valence-electron chi connectivity index (χ3n) is 2.83. The Morgan fingerprint density at radius 1 is 1.39 bits per heavy atom. The summed E-state index contributed by atoms with van der Waals surface area (Å²) >= 11 is 0. The lowest BCUT2D eigenvalue weighted by Gasteiger charge is -2.40. The van der Waals surface area contributed by atoms with Crippen LogP contribution in [-0.2, 0) is 9.59 Å². The van der Waals surface area contributed by atoms with Gasteiger partial charge in [0.25, 0.3) is 5.91 Å². The first kappa shape index (κ1) is 12.0. The molecule has 0 spiro atoms. The fourth-order valence-electron chi connectivity index (χ4n) is 1.73. The summed E-state index contributed by atoms with van der Waals surface area (Å²) in [5, 5.41) is 11.2. The van der Waals surface area contributed by atoms with E-state index in [-0.39, 0.29) is 18.1 Å². The van der Waals surface area contributed by atoms with Crippen molar-refractivity contribution in [1.82, 2.24) is 15.3 Å². The van der Waals surface area contributed by atoms with Crippen LogP contribution in [0.1, 0.15) is 19.5 Å². The van der Waals surface area contributed by atoms with Crippen LogP contribution in [0.15, 0.2) is 12.4 Å². The van der Waals surface area contributed by atoms with E-state index in [0.29, 0.717) is 0 Å². The number of nitrogens with zero attached hydrogens (tertiary/aromatic N) is 4. The van der Waals surface area contributed by atoms with Crippen molar-refractivity contribution in [3.8, 4) is 6.07 Å². The Morgan fingerprint density at radius 3 is 2.72 bits per heavy atom. The van der Waals surface area contributed by atoms with Crippen LogP contribution in [0.3, 0.4) is 0 Å². The zero-order chi connectivity index (χ0) is 13.3. The summed E-state index contributed by atoms with van der Waals surface area (Å²) < 4.78 is 0. The number of hydrogen-bond acceptors (Lipinski definition) is 6. The highest BCUT2D eigenvalue weighted by Crippen LogP contribution is 2.26. The van der Waals surface area contributed by atoms with Gasteiger partial charge in [-0.05, 0) is 13.8 Å². The van der Waals surface area contributed by atoms with Gasteiger partial charge < -0.3 is 4.90 Å². The highest BCUT2D eigenvalue weighted by molar-refractivity contribution is 6.06. The maximum absolute atomic E-state index is 11.8. The minimum absolute atomic E-state index is 0.0356. The van der Waals surface area contributed by atoms with Gasteiger partial charge in [0, 0.05) is 12.4 Å². The summed E-state index contributed by atoms with van der Waals surface area (Å²) in [6.45, 7) is 3.28. The van der Waals surface area contributed by atoms with E-state index < -0.39 is 17.4 Å². The fourth-order valence-corrected chi connectivity index (χ4v) is 1.73. The molecule has 0 saturated carbocycles. The highest BCUT2D eigenvalue weighted by Gasteiger charge is 2.42. The average Bonchev–Trinajstić information content (AvgIpc) is 2.34. The lowest BCUT2D eigenvalue weighted by atomic mass is 9.98. The molecule has 18 heavy (non-hydrogen) atoms. The smallest absolute Gasteiger partial charge is 0.251 e. The zero-order valence-corrected chi connectivity index (χ0v) is 9.97. The highest BCUT2D eigenvalue weighted by atomic mass is 16.2. The standard InChI is InChI=1S/C11H11N5O2/c1-11(2)10(18)15-8(17)6-16(11)9-7(5-12)13-3-4-14-9/h3-4H,6H2,1-2H3,(H,15,17,18). The minimum atomic E-state index is -0.963. The second-order valence-electron chi connectivity index (χ2n) is 4.36. The van der Waals surface area contributed by atoms with E-state index in [4.69, 9.17) is 5.26 Å². The number of imide groups is 1. The Labute approximate surface area is 103 Å². The molecule has 0 atom stereocenters. The molecule has 2 heterocycles. The van der Waals surface area contributed by atoms with Crippen LogP contribution in [0.2, 0.25) is 0 Å². The van der Waals surface area contributed by atoms with Crippen molar-refractivity contribution in [2.24, 2.45) is 0 Å². The third-order valence-corrected chi connectivity index (χ3v) is 2.83. The van der Waals surface area contributed by atoms with Gasteiger partial charge in [0.2, 0.25) is 5.91 Å². The molecule has 0 aliphatic carbocycles. The average molecular weight is 245 g/mol. The number of anilines is 1. The van der Waals surface area contributed by atoms with E-state index in [9.17, 15) is 9.59 Å². The lowest BCUT2D eigenvalue weighted by Crippen LogP contribution is -2.64. The summed E-state index contributed by atoms with van der Waals surface area (Å²) in [7, 11) is 0. The third kappa shape index (κ3) is 1.78. The predicted octanol–water partition coefficient (Wildman–Crippen LogP) is -0.410. The number of hydrogen-bond donors (Lipinski definition) is 1. The molecule has 1 N–H and O–H groups in total. The number of nitrogens with one attached hydrogen (secondary N) is 1. The van der Waals surface area contributed by atoms with Crippen molar-refractivity contribution in [2.45, 2.75) is 19.4 Å². The number of rotatable bonds is 1. The van der Waals surface area contributed by atoms with E-state index in [2.05, 4.69) is 15.3 Å². The number of aromatic nitrogens is 2. The molecule has 7 nitrogen and oxygen atoms in total. The predicted molar refractivity (Wildman–Crippen MR) is 61.3 cm³/mol. The largest absolute Gasteiger partial charge is 0.331 e. The molecule has 1 aliphatic rings. The first-order valence-electron chi connectivity index (χ1n) is 5.30. The molecule has 2 rings (SSSR count). The van der Waals surface area contributed by atoms with Crippen LogP contribution >= 0.6 is 0 Å². The van der Waals surface area contributed by atoms with Crippen LogP contribution in [0.5, 0.6) is 0 Å². The number of amides is 2. The van der Waals surface area contributed by atoms with E-state index in [1.165, 1.54) is 17.3 Å². The van der Waals surface area contributed by atoms with E-state index in [0.717, 1.165) is 0 Å².